The molecular weight excluding hydrogens is 404 g/mol. The number of hydrogen-bond acceptors (Lipinski definition) is 4. The third-order valence-corrected chi connectivity index (χ3v) is 5.94. The molecule has 0 spiro atoms. The Kier molecular flexibility index (Phi) is 7.26. The van der Waals surface area contributed by atoms with E-state index < -0.39 is 41.3 Å². The van der Waals surface area contributed by atoms with Crippen molar-refractivity contribution in [3.05, 3.63) is 29.1 Å². The summed E-state index contributed by atoms with van der Waals surface area (Å²) in [5.41, 5.74) is -1.46. The van der Waals surface area contributed by atoms with Crippen molar-refractivity contribution in [3.8, 4) is 5.75 Å². The Morgan fingerprint density at radius 2 is 1.83 bits per heavy atom. The molecule has 3 rings (SSSR count). The van der Waals surface area contributed by atoms with Gasteiger partial charge < -0.3 is 14.2 Å². The number of benzene rings is 1. The number of carbonyl (C=O) groups is 1. The summed E-state index contributed by atoms with van der Waals surface area (Å²) in [6.45, 7) is 3.67. The Morgan fingerprint density at radius 1 is 1.13 bits per heavy atom. The largest absolute Gasteiger partial charge is 0.493 e. The van der Waals surface area contributed by atoms with Crippen LogP contribution in [-0.2, 0) is 20.4 Å². The molecule has 1 aliphatic carbocycles. The minimum absolute atomic E-state index is 0.00188. The zero-order valence-corrected chi connectivity index (χ0v) is 17.3. The standard InChI is InChI=1S/C22H28F4O4/c1-3-28-17-11-9-16(20(23)19(17)22(24,25)26)14-6-10-18(29-12-14)21(27)30-15-7-4-13(2)5-8-15/h9,11,13-15,18H,3-8,10,12H2,1-2H3. The normalized spacial score (nSPS) is 27.5. The highest BCUT2D eigenvalue weighted by Crippen LogP contribution is 2.42. The van der Waals surface area contributed by atoms with Gasteiger partial charge in [-0.15, -0.1) is 0 Å². The van der Waals surface area contributed by atoms with Gasteiger partial charge in [-0.1, -0.05) is 13.0 Å². The van der Waals surface area contributed by atoms with Gasteiger partial charge in [0, 0.05) is 5.92 Å². The lowest BCUT2D eigenvalue weighted by Crippen LogP contribution is -2.36. The van der Waals surface area contributed by atoms with E-state index in [0.717, 1.165) is 31.7 Å². The van der Waals surface area contributed by atoms with E-state index in [1.807, 2.05) is 0 Å². The Bertz CT molecular complexity index is 733. The fourth-order valence-electron chi connectivity index (χ4n) is 4.20. The SMILES string of the molecule is CCOc1ccc(C2CCC(C(=O)OC3CCC(C)CC3)OC2)c(F)c1C(F)(F)F. The van der Waals surface area contributed by atoms with Crippen molar-refractivity contribution in [3.63, 3.8) is 0 Å². The first-order valence-electron chi connectivity index (χ1n) is 10.5. The molecule has 2 unspecified atom stereocenters. The molecule has 0 radical (unpaired) electrons. The highest BCUT2D eigenvalue weighted by molar-refractivity contribution is 5.75. The number of hydrogen-bond donors (Lipinski definition) is 0. The first-order chi connectivity index (χ1) is 14.2. The lowest BCUT2D eigenvalue weighted by atomic mass is 9.88. The monoisotopic (exact) mass is 432 g/mol. The van der Waals surface area contributed by atoms with Crippen LogP contribution in [0.2, 0.25) is 0 Å². The van der Waals surface area contributed by atoms with Crippen LogP contribution in [0.15, 0.2) is 12.1 Å². The van der Waals surface area contributed by atoms with E-state index in [-0.39, 0.29) is 31.3 Å². The fraction of sp³-hybridized carbons (Fsp3) is 0.682. The topological polar surface area (TPSA) is 44.8 Å². The second kappa shape index (κ2) is 9.54. The second-order valence-electron chi connectivity index (χ2n) is 8.19. The maximum atomic E-state index is 14.8. The van der Waals surface area contributed by atoms with Gasteiger partial charge in [-0.2, -0.15) is 13.2 Å². The quantitative estimate of drug-likeness (QED) is 0.447. The predicted octanol–water partition coefficient (Wildman–Crippen LogP) is 5.63. The molecule has 0 amide bonds. The maximum absolute atomic E-state index is 14.8. The first kappa shape index (κ1) is 22.8. The lowest BCUT2D eigenvalue weighted by Gasteiger charge is -2.31. The van der Waals surface area contributed by atoms with E-state index in [1.54, 1.807) is 0 Å². The van der Waals surface area contributed by atoms with Crippen LogP contribution in [0, 0.1) is 11.7 Å². The van der Waals surface area contributed by atoms with Crippen molar-refractivity contribution in [1.82, 2.24) is 0 Å². The van der Waals surface area contributed by atoms with Crippen LogP contribution >= 0.6 is 0 Å². The molecular formula is C22H28F4O4. The van der Waals surface area contributed by atoms with E-state index >= 15 is 0 Å². The molecule has 168 valence electrons. The summed E-state index contributed by atoms with van der Waals surface area (Å²) in [4.78, 5) is 12.4. The smallest absolute Gasteiger partial charge is 0.422 e. The molecule has 8 heteroatoms. The van der Waals surface area contributed by atoms with Gasteiger partial charge in [0.15, 0.2) is 6.10 Å². The first-order valence-corrected chi connectivity index (χ1v) is 10.5. The molecule has 1 aliphatic heterocycles. The molecule has 2 aliphatic rings. The molecule has 1 saturated carbocycles. The third kappa shape index (κ3) is 5.25. The van der Waals surface area contributed by atoms with Gasteiger partial charge in [0.1, 0.15) is 23.2 Å². The van der Waals surface area contributed by atoms with Gasteiger partial charge >= 0.3 is 12.1 Å². The number of halogens is 4. The minimum atomic E-state index is -4.87. The highest BCUT2D eigenvalue weighted by atomic mass is 19.4. The summed E-state index contributed by atoms with van der Waals surface area (Å²) >= 11 is 0. The predicted molar refractivity (Wildman–Crippen MR) is 102 cm³/mol. The van der Waals surface area contributed by atoms with Crippen molar-refractivity contribution < 1.29 is 36.6 Å². The molecule has 2 fully saturated rings. The third-order valence-electron chi connectivity index (χ3n) is 5.94. The van der Waals surface area contributed by atoms with Crippen LogP contribution in [0.25, 0.3) is 0 Å². The van der Waals surface area contributed by atoms with Crippen LogP contribution < -0.4 is 4.74 Å². The summed E-state index contributed by atoms with van der Waals surface area (Å²) < 4.78 is 71.0. The number of rotatable bonds is 5. The molecule has 1 aromatic carbocycles. The van der Waals surface area contributed by atoms with E-state index in [2.05, 4.69) is 6.92 Å². The molecule has 4 nitrogen and oxygen atoms in total. The van der Waals surface area contributed by atoms with Gasteiger partial charge in [0.05, 0.1) is 13.2 Å². The van der Waals surface area contributed by atoms with Gasteiger partial charge in [-0.05, 0) is 63.0 Å². The summed E-state index contributed by atoms with van der Waals surface area (Å²) in [6.07, 6.45) is -1.41. The molecule has 30 heavy (non-hydrogen) atoms. The molecule has 0 aromatic heterocycles. The number of carbonyl (C=O) groups excluding carboxylic acids is 1. The van der Waals surface area contributed by atoms with Crippen molar-refractivity contribution in [2.75, 3.05) is 13.2 Å². The minimum Gasteiger partial charge on any atom is -0.493 e. The maximum Gasteiger partial charge on any atom is 0.422 e. The van der Waals surface area contributed by atoms with Crippen molar-refractivity contribution >= 4 is 5.97 Å². The number of esters is 1. The molecule has 2 atom stereocenters. The van der Waals surface area contributed by atoms with E-state index in [9.17, 15) is 22.4 Å². The molecule has 1 saturated heterocycles. The summed E-state index contributed by atoms with van der Waals surface area (Å²) in [7, 11) is 0. The average Bonchev–Trinajstić information content (AvgIpc) is 2.69. The molecule has 1 heterocycles. The van der Waals surface area contributed by atoms with Crippen molar-refractivity contribution in [2.45, 2.75) is 76.7 Å². The van der Waals surface area contributed by atoms with Gasteiger partial charge in [-0.25, -0.2) is 9.18 Å². The Labute approximate surface area is 173 Å². The van der Waals surface area contributed by atoms with E-state index in [1.165, 1.54) is 13.0 Å². The van der Waals surface area contributed by atoms with Gasteiger partial charge in [0.2, 0.25) is 0 Å². The Balaban J connectivity index is 1.64. The zero-order chi connectivity index (χ0) is 21.9. The zero-order valence-electron chi connectivity index (χ0n) is 17.3. The van der Waals surface area contributed by atoms with Crippen molar-refractivity contribution in [2.24, 2.45) is 5.92 Å². The molecule has 0 N–H and O–H groups in total. The molecule has 1 aromatic rings. The molecule has 0 bridgehead atoms. The summed E-state index contributed by atoms with van der Waals surface area (Å²) in [5.74, 6) is -2.22. The van der Waals surface area contributed by atoms with Crippen LogP contribution in [0.5, 0.6) is 5.75 Å². The van der Waals surface area contributed by atoms with Crippen LogP contribution in [0.3, 0.4) is 0 Å². The van der Waals surface area contributed by atoms with Gasteiger partial charge in [0.25, 0.3) is 0 Å². The number of ether oxygens (including phenoxy) is 3. The van der Waals surface area contributed by atoms with Crippen LogP contribution in [0.1, 0.15) is 69.4 Å². The average molecular weight is 432 g/mol. The van der Waals surface area contributed by atoms with Crippen LogP contribution in [-0.4, -0.2) is 31.4 Å². The van der Waals surface area contributed by atoms with Gasteiger partial charge in [-0.3, -0.25) is 0 Å². The highest BCUT2D eigenvalue weighted by Gasteiger charge is 2.41. The fourth-order valence-corrected chi connectivity index (χ4v) is 4.20. The number of alkyl halides is 3. The van der Waals surface area contributed by atoms with E-state index in [4.69, 9.17) is 14.2 Å². The second-order valence-corrected chi connectivity index (χ2v) is 8.19. The summed E-state index contributed by atoms with van der Waals surface area (Å²) in [5, 5.41) is 0. The van der Waals surface area contributed by atoms with E-state index in [0.29, 0.717) is 12.3 Å². The lowest BCUT2D eigenvalue weighted by molar-refractivity contribution is -0.168. The Hall–Kier alpha value is -1.83. The summed E-state index contributed by atoms with van der Waals surface area (Å²) in [6, 6.07) is 2.46. The van der Waals surface area contributed by atoms with Crippen LogP contribution in [0.4, 0.5) is 17.6 Å². The Morgan fingerprint density at radius 3 is 2.40 bits per heavy atom. The van der Waals surface area contributed by atoms with Crippen molar-refractivity contribution in [1.29, 1.82) is 0 Å².